The van der Waals surface area contributed by atoms with Gasteiger partial charge in [0.2, 0.25) is 0 Å². The van der Waals surface area contributed by atoms with Gasteiger partial charge in [0.1, 0.15) is 23.3 Å². The molecule has 1 rings (SSSR count). The summed E-state index contributed by atoms with van der Waals surface area (Å²) in [5.41, 5.74) is 5.25. The van der Waals surface area contributed by atoms with Crippen LogP contribution in [0.5, 0.6) is 0 Å². The molecule has 0 fully saturated rings. The summed E-state index contributed by atoms with van der Waals surface area (Å²) in [6.07, 6.45) is 0. The fourth-order valence-corrected chi connectivity index (χ4v) is 1.37. The molecular weight excluding hydrogens is 220 g/mol. The fraction of sp³-hybridized carbons (Fsp3) is 0.727. The second kappa shape index (κ2) is 4.83. The first-order valence-electron chi connectivity index (χ1n) is 5.55. The quantitative estimate of drug-likeness (QED) is 0.781. The molecule has 0 saturated carbocycles. The van der Waals surface area contributed by atoms with Crippen LogP contribution in [0.3, 0.4) is 0 Å². The normalized spacial score (nSPS) is 13.5. The van der Waals surface area contributed by atoms with E-state index in [1.807, 2.05) is 27.7 Å². The van der Waals surface area contributed by atoms with Crippen LogP contribution in [-0.2, 0) is 16.1 Å². The van der Waals surface area contributed by atoms with Gasteiger partial charge < -0.3 is 10.5 Å². The Bertz CT molecular complexity index is 406. The summed E-state index contributed by atoms with van der Waals surface area (Å²) in [7, 11) is 0. The summed E-state index contributed by atoms with van der Waals surface area (Å²) in [6, 6.07) is -0.728. The molecule has 0 aliphatic heterocycles. The summed E-state index contributed by atoms with van der Waals surface area (Å²) in [5.74, 6) is 0.977. The second-order valence-electron chi connectivity index (χ2n) is 5.03. The van der Waals surface area contributed by atoms with Gasteiger partial charge in [0.05, 0.1) is 6.54 Å². The molecule has 0 radical (unpaired) electrons. The van der Waals surface area contributed by atoms with Crippen LogP contribution in [0.15, 0.2) is 0 Å². The summed E-state index contributed by atoms with van der Waals surface area (Å²) >= 11 is 0. The lowest BCUT2D eigenvalue weighted by Crippen LogP contribution is -2.40. The average molecular weight is 240 g/mol. The number of carbonyl (C=O) groups is 1. The van der Waals surface area contributed by atoms with Gasteiger partial charge in [-0.3, -0.25) is 4.79 Å². The van der Waals surface area contributed by atoms with Crippen molar-refractivity contribution >= 4 is 5.97 Å². The number of esters is 1. The van der Waals surface area contributed by atoms with Crippen LogP contribution in [0.1, 0.15) is 32.4 Å². The molecule has 1 unspecified atom stereocenters. The largest absolute Gasteiger partial charge is 0.459 e. The van der Waals surface area contributed by atoms with Crippen molar-refractivity contribution < 1.29 is 9.53 Å². The zero-order chi connectivity index (χ0) is 13.2. The summed E-state index contributed by atoms with van der Waals surface area (Å²) in [4.78, 5) is 15.8. The van der Waals surface area contributed by atoms with Crippen LogP contribution < -0.4 is 5.73 Å². The first-order valence-corrected chi connectivity index (χ1v) is 5.55. The molecule has 17 heavy (non-hydrogen) atoms. The van der Waals surface area contributed by atoms with Crippen LogP contribution in [0.4, 0.5) is 0 Å². The van der Waals surface area contributed by atoms with Crippen LogP contribution in [0, 0.1) is 13.8 Å². The van der Waals surface area contributed by atoms with Gasteiger partial charge in [-0.05, 0) is 34.6 Å². The van der Waals surface area contributed by atoms with E-state index in [0.29, 0.717) is 5.82 Å². The van der Waals surface area contributed by atoms with Gasteiger partial charge in [-0.15, -0.1) is 0 Å². The molecule has 6 heteroatoms. The van der Waals surface area contributed by atoms with Crippen molar-refractivity contribution in [3.63, 3.8) is 0 Å². The highest BCUT2D eigenvalue weighted by Crippen LogP contribution is 2.08. The molecular formula is C11H20N4O2. The van der Waals surface area contributed by atoms with E-state index in [1.165, 1.54) is 0 Å². The summed E-state index contributed by atoms with van der Waals surface area (Å²) < 4.78 is 6.81. The van der Waals surface area contributed by atoms with E-state index in [1.54, 1.807) is 11.6 Å². The number of nitrogens with zero attached hydrogens (tertiary/aromatic N) is 3. The van der Waals surface area contributed by atoms with Gasteiger partial charge in [0.15, 0.2) is 0 Å². The summed E-state index contributed by atoms with van der Waals surface area (Å²) in [5, 5.41) is 4.15. The topological polar surface area (TPSA) is 83.0 Å². The molecule has 0 aliphatic carbocycles. The standard InChI is InChI=1S/C11H20N4O2/c1-7-13-8(2)15(14-7)6-9(12)10(16)17-11(3,4)5/h9H,6,12H2,1-5H3. The first kappa shape index (κ1) is 13.6. The minimum atomic E-state index is -0.728. The van der Waals surface area contributed by atoms with Gasteiger partial charge in [-0.1, -0.05) is 0 Å². The molecule has 2 N–H and O–H groups in total. The third-order valence-electron chi connectivity index (χ3n) is 2.04. The first-order chi connectivity index (χ1) is 7.69. The van der Waals surface area contributed by atoms with E-state index in [4.69, 9.17) is 10.5 Å². The van der Waals surface area contributed by atoms with Crippen molar-refractivity contribution in [1.82, 2.24) is 14.8 Å². The zero-order valence-corrected chi connectivity index (χ0v) is 11.0. The Morgan fingerprint density at radius 2 is 2.06 bits per heavy atom. The zero-order valence-electron chi connectivity index (χ0n) is 11.0. The Hall–Kier alpha value is -1.43. The van der Waals surface area contributed by atoms with Crippen LogP contribution >= 0.6 is 0 Å². The number of aryl methyl sites for hydroxylation is 2. The molecule has 0 aliphatic rings. The van der Waals surface area contributed by atoms with E-state index >= 15 is 0 Å². The third-order valence-corrected chi connectivity index (χ3v) is 2.04. The highest BCUT2D eigenvalue weighted by molar-refractivity contribution is 5.75. The molecule has 0 aromatic carbocycles. The number of ether oxygens (including phenoxy) is 1. The summed E-state index contributed by atoms with van der Waals surface area (Å²) in [6.45, 7) is 9.32. The lowest BCUT2D eigenvalue weighted by Gasteiger charge is -2.22. The predicted molar refractivity (Wildman–Crippen MR) is 63.3 cm³/mol. The smallest absolute Gasteiger partial charge is 0.325 e. The maximum absolute atomic E-state index is 11.7. The molecule has 0 saturated heterocycles. The Labute approximate surface area is 101 Å². The number of hydrogen-bond donors (Lipinski definition) is 1. The molecule has 1 heterocycles. The van der Waals surface area contributed by atoms with Crippen molar-refractivity contribution in [2.24, 2.45) is 5.73 Å². The number of rotatable bonds is 3. The van der Waals surface area contributed by atoms with Crippen molar-refractivity contribution in [2.45, 2.75) is 52.8 Å². The second-order valence-corrected chi connectivity index (χ2v) is 5.03. The van der Waals surface area contributed by atoms with E-state index in [-0.39, 0.29) is 6.54 Å². The minimum absolute atomic E-state index is 0.279. The van der Waals surface area contributed by atoms with E-state index < -0.39 is 17.6 Å². The van der Waals surface area contributed by atoms with Crippen molar-refractivity contribution in [3.05, 3.63) is 11.6 Å². The minimum Gasteiger partial charge on any atom is -0.459 e. The number of carbonyl (C=O) groups excluding carboxylic acids is 1. The number of nitrogens with two attached hydrogens (primary N) is 1. The van der Waals surface area contributed by atoms with Gasteiger partial charge in [0, 0.05) is 0 Å². The van der Waals surface area contributed by atoms with E-state index in [0.717, 1.165) is 5.82 Å². The molecule has 0 bridgehead atoms. The molecule has 6 nitrogen and oxygen atoms in total. The Kier molecular flexibility index (Phi) is 3.87. The maximum atomic E-state index is 11.7. The van der Waals surface area contributed by atoms with Gasteiger partial charge >= 0.3 is 5.97 Å². The van der Waals surface area contributed by atoms with Gasteiger partial charge in [-0.25, -0.2) is 9.67 Å². The lowest BCUT2D eigenvalue weighted by atomic mass is 10.2. The maximum Gasteiger partial charge on any atom is 0.325 e. The monoisotopic (exact) mass is 240 g/mol. The third kappa shape index (κ3) is 4.14. The Morgan fingerprint density at radius 1 is 1.47 bits per heavy atom. The Balaban J connectivity index is 2.63. The fourth-order valence-electron chi connectivity index (χ4n) is 1.37. The molecule has 0 spiro atoms. The van der Waals surface area contributed by atoms with Gasteiger partial charge in [0.25, 0.3) is 0 Å². The van der Waals surface area contributed by atoms with E-state index in [9.17, 15) is 4.79 Å². The van der Waals surface area contributed by atoms with Crippen molar-refractivity contribution in [3.8, 4) is 0 Å². The van der Waals surface area contributed by atoms with Crippen LogP contribution in [0.25, 0.3) is 0 Å². The average Bonchev–Trinajstić information content (AvgIpc) is 2.42. The number of hydrogen-bond acceptors (Lipinski definition) is 5. The SMILES string of the molecule is Cc1nc(C)n(CC(N)C(=O)OC(C)(C)C)n1. The predicted octanol–water partition coefficient (Wildman–Crippen LogP) is 0.564. The van der Waals surface area contributed by atoms with Crippen LogP contribution in [0.2, 0.25) is 0 Å². The van der Waals surface area contributed by atoms with E-state index in [2.05, 4.69) is 10.1 Å². The molecule has 1 aromatic rings. The van der Waals surface area contributed by atoms with Crippen LogP contribution in [-0.4, -0.2) is 32.4 Å². The van der Waals surface area contributed by atoms with Crippen molar-refractivity contribution in [2.75, 3.05) is 0 Å². The Morgan fingerprint density at radius 3 is 2.47 bits per heavy atom. The highest BCUT2D eigenvalue weighted by Gasteiger charge is 2.23. The highest BCUT2D eigenvalue weighted by atomic mass is 16.6. The van der Waals surface area contributed by atoms with Gasteiger partial charge in [-0.2, -0.15) is 5.10 Å². The molecule has 1 atom stereocenters. The molecule has 96 valence electrons. The number of aromatic nitrogens is 3. The van der Waals surface area contributed by atoms with Crippen molar-refractivity contribution in [1.29, 1.82) is 0 Å². The lowest BCUT2D eigenvalue weighted by molar-refractivity contribution is -0.156. The molecule has 1 aromatic heterocycles. The molecule has 0 amide bonds.